The molecule has 0 fully saturated rings. The molecule has 0 amide bonds. The van der Waals surface area contributed by atoms with Crippen molar-refractivity contribution in [3.8, 4) is 0 Å². The van der Waals surface area contributed by atoms with Gasteiger partial charge >= 0.3 is 11.9 Å². The van der Waals surface area contributed by atoms with Crippen LogP contribution >= 0.6 is 0 Å². The highest BCUT2D eigenvalue weighted by Crippen LogP contribution is 2.29. The smallest absolute Gasteiger partial charge is 0.384 e. The van der Waals surface area contributed by atoms with Crippen molar-refractivity contribution in [2.45, 2.75) is 33.1 Å². The second kappa shape index (κ2) is 8.86. The van der Waals surface area contributed by atoms with Crippen molar-refractivity contribution in [2.24, 2.45) is 13.0 Å². The molecule has 0 aliphatic heterocycles. The zero-order valence-electron chi connectivity index (χ0n) is 17.3. The maximum atomic E-state index is 12.8. The monoisotopic (exact) mass is 426 g/mol. The number of rotatable bonds is 7. The summed E-state index contributed by atoms with van der Waals surface area (Å²) in [4.78, 5) is 39.1. The second-order valence-corrected chi connectivity index (χ2v) is 7.70. The Morgan fingerprint density at radius 1 is 1.17 bits per heavy atom. The van der Waals surface area contributed by atoms with Crippen LogP contribution in [0.2, 0.25) is 0 Å². The van der Waals surface area contributed by atoms with Gasteiger partial charge in [0, 0.05) is 20.1 Å². The van der Waals surface area contributed by atoms with Crippen LogP contribution < -0.4 is 17.0 Å². The van der Waals surface area contributed by atoms with Crippen LogP contribution in [0.3, 0.4) is 0 Å². The molecule has 0 atom stereocenters. The number of aromatic nitrogens is 2. The number of carbonyl (C=O) groups is 1. The van der Waals surface area contributed by atoms with Gasteiger partial charge in [0.15, 0.2) is 5.78 Å². The van der Waals surface area contributed by atoms with E-state index in [1.165, 1.54) is 23.7 Å². The summed E-state index contributed by atoms with van der Waals surface area (Å²) in [6.07, 6.45) is -4.42. The van der Waals surface area contributed by atoms with E-state index >= 15 is 0 Å². The third-order valence-electron chi connectivity index (χ3n) is 4.56. The van der Waals surface area contributed by atoms with E-state index in [4.69, 9.17) is 5.73 Å². The number of hydrogen-bond acceptors (Lipinski definition) is 5. The maximum absolute atomic E-state index is 12.8. The number of alkyl halides is 3. The van der Waals surface area contributed by atoms with Gasteiger partial charge < -0.3 is 5.73 Å². The van der Waals surface area contributed by atoms with E-state index in [0.717, 1.165) is 16.7 Å². The third-order valence-corrected chi connectivity index (χ3v) is 4.56. The van der Waals surface area contributed by atoms with E-state index in [0.29, 0.717) is 5.56 Å². The van der Waals surface area contributed by atoms with Gasteiger partial charge in [-0.1, -0.05) is 26.0 Å². The SMILES string of the molecule is CC(C)Cn1c(N)c(C(=O)CN(C)Cc2ccc(C(F)(F)F)cc2)c(=O)n(C)c1=O. The normalized spacial score (nSPS) is 12.0. The predicted octanol–water partition coefficient (Wildman–Crippen LogP) is 2.12. The van der Waals surface area contributed by atoms with E-state index in [-0.39, 0.29) is 36.9 Å². The predicted molar refractivity (Wildman–Crippen MR) is 107 cm³/mol. The van der Waals surface area contributed by atoms with Gasteiger partial charge in [0.2, 0.25) is 0 Å². The lowest BCUT2D eigenvalue weighted by atomic mass is 10.1. The Morgan fingerprint density at radius 3 is 2.23 bits per heavy atom. The molecule has 0 saturated heterocycles. The van der Waals surface area contributed by atoms with Gasteiger partial charge in [-0.15, -0.1) is 0 Å². The van der Waals surface area contributed by atoms with Crippen LogP contribution in [-0.2, 0) is 26.3 Å². The molecule has 0 saturated carbocycles. The lowest BCUT2D eigenvalue weighted by Gasteiger charge is -2.19. The van der Waals surface area contributed by atoms with Crippen LogP contribution in [0.4, 0.5) is 19.0 Å². The topological polar surface area (TPSA) is 90.3 Å². The Hall–Kier alpha value is -2.88. The molecule has 2 aromatic rings. The van der Waals surface area contributed by atoms with Crippen molar-refractivity contribution in [1.29, 1.82) is 0 Å². The lowest BCUT2D eigenvalue weighted by molar-refractivity contribution is -0.137. The Morgan fingerprint density at radius 2 is 1.73 bits per heavy atom. The Labute approximate surface area is 171 Å². The minimum atomic E-state index is -4.42. The summed E-state index contributed by atoms with van der Waals surface area (Å²) in [6, 6.07) is 4.61. The number of hydrogen-bond donors (Lipinski definition) is 1. The van der Waals surface area contributed by atoms with E-state index in [1.54, 1.807) is 11.9 Å². The number of nitrogen functional groups attached to an aromatic ring is 1. The number of halogens is 3. The molecule has 2 rings (SSSR count). The highest BCUT2D eigenvalue weighted by atomic mass is 19.4. The fourth-order valence-electron chi connectivity index (χ4n) is 3.08. The van der Waals surface area contributed by atoms with Gasteiger partial charge in [0.1, 0.15) is 11.4 Å². The molecule has 7 nitrogen and oxygen atoms in total. The fraction of sp³-hybridized carbons (Fsp3) is 0.450. The largest absolute Gasteiger partial charge is 0.416 e. The highest BCUT2D eigenvalue weighted by Gasteiger charge is 2.30. The van der Waals surface area contributed by atoms with Crippen molar-refractivity contribution >= 4 is 11.6 Å². The van der Waals surface area contributed by atoms with Gasteiger partial charge in [0.05, 0.1) is 12.1 Å². The zero-order valence-corrected chi connectivity index (χ0v) is 17.3. The standard InChI is InChI=1S/C20H25F3N4O3/c1-12(2)9-27-17(24)16(18(29)26(4)19(27)30)15(28)11-25(3)10-13-5-7-14(8-6-13)20(21,22)23/h5-8,12H,9-11,24H2,1-4H3. The van der Waals surface area contributed by atoms with Crippen molar-refractivity contribution < 1.29 is 18.0 Å². The molecule has 164 valence electrons. The number of ketones is 1. The highest BCUT2D eigenvalue weighted by molar-refractivity contribution is 6.01. The first kappa shape index (κ1) is 23.4. The first-order chi connectivity index (χ1) is 13.8. The summed E-state index contributed by atoms with van der Waals surface area (Å²) < 4.78 is 40.1. The number of nitrogens with zero attached hydrogens (tertiary/aromatic N) is 3. The lowest BCUT2D eigenvalue weighted by Crippen LogP contribution is -2.44. The minimum Gasteiger partial charge on any atom is -0.384 e. The number of benzene rings is 1. The number of carbonyl (C=O) groups excluding carboxylic acids is 1. The minimum absolute atomic E-state index is 0.0628. The Bertz CT molecular complexity index is 1040. The summed E-state index contributed by atoms with van der Waals surface area (Å²) in [5.41, 5.74) is 4.17. The second-order valence-electron chi connectivity index (χ2n) is 7.70. The fourth-order valence-corrected chi connectivity index (χ4v) is 3.08. The molecular formula is C20H25F3N4O3. The molecule has 0 aliphatic carbocycles. The molecule has 1 aromatic carbocycles. The number of nitrogens with two attached hydrogens (primary N) is 1. The van der Waals surface area contributed by atoms with E-state index in [9.17, 15) is 27.6 Å². The summed E-state index contributed by atoms with van der Waals surface area (Å²) in [7, 11) is 2.88. The molecule has 30 heavy (non-hydrogen) atoms. The average molecular weight is 426 g/mol. The van der Waals surface area contributed by atoms with E-state index in [2.05, 4.69) is 0 Å². The average Bonchev–Trinajstić information content (AvgIpc) is 2.63. The summed E-state index contributed by atoms with van der Waals surface area (Å²) in [6.45, 7) is 3.99. The molecule has 0 unspecified atom stereocenters. The third kappa shape index (κ3) is 5.18. The summed E-state index contributed by atoms with van der Waals surface area (Å²) in [5, 5.41) is 0. The van der Waals surface area contributed by atoms with E-state index < -0.39 is 28.8 Å². The summed E-state index contributed by atoms with van der Waals surface area (Å²) in [5.74, 6) is -0.683. The molecule has 1 heterocycles. The van der Waals surface area contributed by atoms with Crippen molar-refractivity contribution in [2.75, 3.05) is 19.3 Å². The van der Waals surface area contributed by atoms with Crippen molar-refractivity contribution in [1.82, 2.24) is 14.0 Å². The first-order valence-corrected chi connectivity index (χ1v) is 9.30. The van der Waals surface area contributed by atoms with E-state index in [1.807, 2.05) is 13.8 Å². The van der Waals surface area contributed by atoms with Crippen LogP contribution in [0, 0.1) is 5.92 Å². The zero-order chi connectivity index (χ0) is 22.8. The maximum Gasteiger partial charge on any atom is 0.416 e. The molecule has 10 heteroatoms. The van der Waals surface area contributed by atoms with Gasteiger partial charge in [0.25, 0.3) is 5.56 Å². The van der Waals surface area contributed by atoms with Gasteiger partial charge in [-0.05, 0) is 30.7 Å². The van der Waals surface area contributed by atoms with Crippen LogP contribution in [0.25, 0.3) is 0 Å². The van der Waals surface area contributed by atoms with Gasteiger partial charge in [-0.3, -0.25) is 23.6 Å². The Balaban J connectivity index is 2.24. The summed E-state index contributed by atoms with van der Waals surface area (Å²) >= 11 is 0. The molecule has 0 spiro atoms. The molecule has 0 bridgehead atoms. The van der Waals surface area contributed by atoms with Crippen LogP contribution in [-0.4, -0.2) is 33.4 Å². The van der Waals surface area contributed by atoms with Crippen LogP contribution in [0.5, 0.6) is 0 Å². The Kier molecular flexibility index (Phi) is 6.91. The van der Waals surface area contributed by atoms with Crippen LogP contribution in [0.15, 0.2) is 33.9 Å². The van der Waals surface area contributed by atoms with Crippen LogP contribution in [0.1, 0.15) is 35.3 Å². The van der Waals surface area contributed by atoms with Gasteiger partial charge in [-0.25, -0.2) is 4.79 Å². The molecule has 0 radical (unpaired) electrons. The quantitative estimate of drug-likeness (QED) is 0.685. The molecular weight excluding hydrogens is 401 g/mol. The number of Topliss-reactive ketones (excluding diaryl/α,β-unsaturated/α-hetero) is 1. The first-order valence-electron chi connectivity index (χ1n) is 9.30. The van der Waals surface area contributed by atoms with Gasteiger partial charge in [-0.2, -0.15) is 13.2 Å². The van der Waals surface area contributed by atoms with Crippen molar-refractivity contribution in [3.63, 3.8) is 0 Å². The van der Waals surface area contributed by atoms with Crippen molar-refractivity contribution in [3.05, 3.63) is 61.8 Å². The molecule has 0 aliphatic rings. The number of anilines is 1. The molecule has 2 N–H and O–H groups in total. The number of likely N-dealkylation sites (N-methyl/N-ethyl adjacent to an activating group) is 1. The molecule has 1 aromatic heterocycles.